The molecule has 4 heterocycles. The van der Waals surface area contributed by atoms with Crippen LogP contribution in [0, 0.1) is 20.8 Å². The normalized spacial score (nSPS) is 22.9. The van der Waals surface area contributed by atoms with Crippen molar-refractivity contribution in [1.29, 1.82) is 0 Å². The number of nitrogens with zero attached hydrogens (tertiary/aromatic N) is 2. The van der Waals surface area contributed by atoms with E-state index in [9.17, 15) is 53.9 Å². The van der Waals surface area contributed by atoms with E-state index in [0.29, 0.717) is 85.5 Å². The Hall–Kier alpha value is -7.74. The highest BCUT2D eigenvalue weighted by atomic mass is 19.4. The zero-order valence-corrected chi connectivity index (χ0v) is 58.2. The van der Waals surface area contributed by atoms with Gasteiger partial charge in [0.25, 0.3) is 0 Å². The fourth-order valence-electron chi connectivity index (χ4n) is 13.4. The predicted octanol–water partition coefficient (Wildman–Crippen LogP) is 15.4. The second-order valence-electron chi connectivity index (χ2n) is 27.3. The molecule has 6 amide bonds. The number of primary amides is 1. The van der Waals surface area contributed by atoms with Crippen LogP contribution in [0.15, 0.2) is 146 Å². The number of amides is 6. The van der Waals surface area contributed by atoms with Crippen LogP contribution in [0.5, 0.6) is 0 Å². The van der Waals surface area contributed by atoms with E-state index in [-0.39, 0.29) is 36.8 Å². The summed E-state index contributed by atoms with van der Waals surface area (Å²) >= 11 is 0. The molecule has 8 N–H and O–H groups in total. The van der Waals surface area contributed by atoms with E-state index in [1.165, 1.54) is 17.4 Å². The minimum atomic E-state index is -4.40. The smallest absolute Gasteiger partial charge is 0.372 e. The first-order valence-electron chi connectivity index (χ1n) is 34.2. The number of nitrogens with two attached hydrogens (primary N) is 1. The maximum atomic E-state index is 13.3. The number of alkyl halides is 9. The van der Waals surface area contributed by atoms with Gasteiger partial charge in [0.15, 0.2) is 0 Å². The Morgan fingerprint density at radius 3 is 1.08 bits per heavy atom. The van der Waals surface area contributed by atoms with E-state index in [1.807, 2.05) is 95.9 Å². The molecule has 0 aliphatic carbocycles. The van der Waals surface area contributed by atoms with E-state index in [2.05, 4.69) is 31.9 Å². The van der Waals surface area contributed by atoms with E-state index >= 15 is 0 Å². The zero-order chi connectivity index (χ0) is 72.6. The SMILES string of the molecule is Cc1cc([C@@H](C)OC[C@@]2(c3ccccc3)CC[C@H](NC(=O)N(C)C)CN2)cc(C(F)(F)F)c1.Cc1cc([C@@H](C)OC[C@@]2(c3ccccc3)CC[C@H](NC(=O)N3CCCCC3)CN2)cc(C(F)(F)F)c1.Cc1cc([C@@H](C)OC[C@@]2(c3ccccc3)CC[C@H](NC(N)=O)CN2)cc(C(F)(F)F)c1. The van der Waals surface area contributed by atoms with Crippen molar-refractivity contribution in [3.63, 3.8) is 0 Å². The first-order valence-corrected chi connectivity index (χ1v) is 34.2. The molecule has 24 heteroatoms. The molecule has 100 heavy (non-hydrogen) atoms. The van der Waals surface area contributed by atoms with Gasteiger partial charge in [-0.15, -0.1) is 0 Å². The minimum absolute atomic E-state index is 0.00139. The van der Waals surface area contributed by atoms with Crippen molar-refractivity contribution in [3.05, 3.63) is 212 Å². The summed E-state index contributed by atoms with van der Waals surface area (Å²) in [6.45, 7) is 14.4. The minimum Gasteiger partial charge on any atom is -0.372 e. The van der Waals surface area contributed by atoms with Gasteiger partial charge >= 0.3 is 36.6 Å². The van der Waals surface area contributed by atoms with Crippen molar-refractivity contribution in [1.82, 2.24) is 41.7 Å². The highest BCUT2D eigenvalue weighted by Gasteiger charge is 2.42. The number of hydrogen-bond acceptors (Lipinski definition) is 9. The van der Waals surface area contributed by atoms with Gasteiger partial charge in [-0.05, 0) is 169 Å². The van der Waals surface area contributed by atoms with Gasteiger partial charge < -0.3 is 61.6 Å². The van der Waals surface area contributed by atoms with Gasteiger partial charge in [0.05, 0.1) is 71.4 Å². The maximum Gasteiger partial charge on any atom is 0.416 e. The van der Waals surface area contributed by atoms with Gasteiger partial charge in [-0.1, -0.05) is 126 Å². The van der Waals surface area contributed by atoms with Crippen LogP contribution in [0.4, 0.5) is 53.9 Å². The summed E-state index contributed by atoms with van der Waals surface area (Å²) in [5.74, 6) is 0. The van der Waals surface area contributed by atoms with Gasteiger partial charge in [-0.25, -0.2) is 14.4 Å². The molecular formula is C76H96F9N9O6. The number of urea groups is 3. The lowest BCUT2D eigenvalue weighted by Crippen LogP contribution is -2.58. The van der Waals surface area contributed by atoms with Crippen molar-refractivity contribution in [3.8, 4) is 0 Å². The van der Waals surface area contributed by atoms with Crippen molar-refractivity contribution in [2.45, 2.75) is 171 Å². The van der Waals surface area contributed by atoms with Crippen LogP contribution < -0.4 is 37.6 Å². The molecule has 0 unspecified atom stereocenters. The van der Waals surface area contributed by atoms with E-state index in [0.717, 1.165) is 92.2 Å². The molecule has 4 aliphatic rings. The molecule has 4 fully saturated rings. The van der Waals surface area contributed by atoms with Crippen LogP contribution in [0.1, 0.15) is 164 Å². The van der Waals surface area contributed by atoms with Crippen molar-refractivity contribution in [2.75, 3.05) is 66.6 Å². The fourth-order valence-corrected chi connectivity index (χ4v) is 13.4. The molecule has 0 saturated carbocycles. The summed E-state index contributed by atoms with van der Waals surface area (Å²) in [5, 5.41) is 19.6. The van der Waals surface area contributed by atoms with E-state index in [1.54, 1.807) is 73.8 Å². The maximum absolute atomic E-state index is 13.3. The fraction of sp³-hybridized carbons (Fsp3) is 0.487. The third-order valence-corrected chi connectivity index (χ3v) is 19.3. The van der Waals surface area contributed by atoms with Gasteiger partial charge in [-0.3, -0.25) is 0 Å². The van der Waals surface area contributed by atoms with Crippen LogP contribution in [0.25, 0.3) is 0 Å². The average molecular weight is 1400 g/mol. The molecule has 6 aromatic rings. The molecule has 4 saturated heterocycles. The summed E-state index contributed by atoms with van der Waals surface area (Å²) in [4.78, 5) is 39.3. The number of rotatable bonds is 18. The second kappa shape index (κ2) is 34.3. The summed E-state index contributed by atoms with van der Waals surface area (Å²) in [6.07, 6.45) is -7.12. The lowest BCUT2D eigenvalue weighted by molar-refractivity contribution is -0.138. The Kier molecular flexibility index (Phi) is 26.7. The quantitative estimate of drug-likeness (QED) is 0.0412. The van der Waals surface area contributed by atoms with Gasteiger partial charge in [0, 0.05) is 64.9 Å². The van der Waals surface area contributed by atoms with Gasteiger partial charge in [-0.2, -0.15) is 39.5 Å². The topological polar surface area (TPSA) is 184 Å². The van der Waals surface area contributed by atoms with Crippen LogP contribution in [0.2, 0.25) is 0 Å². The Morgan fingerprint density at radius 2 is 0.800 bits per heavy atom. The number of hydrogen-bond donors (Lipinski definition) is 7. The number of carbonyl (C=O) groups is 3. The van der Waals surface area contributed by atoms with Crippen molar-refractivity contribution < 1.29 is 68.1 Å². The monoisotopic (exact) mass is 1400 g/mol. The molecule has 10 rings (SSSR count). The number of likely N-dealkylation sites (tertiary alicyclic amines) is 1. The third kappa shape index (κ3) is 21.6. The van der Waals surface area contributed by atoms with Gasteiger partial charge in [0.2, 0.25) is 0 Å². The molecule has 0 radical (unpaired) electrons. The van der Waals surface area contributed by atoms with Crippen LogP contribution in [-0.4, -0.2) is 113 Å². The molecule has 544 valence electrons. The summed E-state index contributed by atoms with van der Waals surface area (Å²) in [7, 11) is 3.40. The number of carbonyl (C=O) groups excluding carboxylic acids is 3. The number of benzene rings is 6. The molecule has 6 aromatic carbocycles. The molecular weight excluding hydrogens is 1310 g/mol. The molecule has 15 nitrogen and oxygen atoms in total. The van der Waals surface area contributed by atoms with Crippen LogP contribution in [-0.2, 0) is 49.4 Å². The first kappa shape index (κ1) is 78.0. The second-order valence-corrected chi connectivity index (χ2v) is 27.3. The Bertz CT molecular complexity index is 3590. The number of aryl methyl sites for hydroxylation is 3. The zero-order valence-electron chi connectivity index (χ0n) is 58.2. The summed E-state index contributed by atoms with van der Waals surface area (Å²) in [6, 6.07) is 41.0. The lowest BCUT2D eigenvalue weighted by Gasteiger charge is -2.43. The molecule has 9 atom stereocenters. The highest BCUT2D eigenvalue weighted by Crippen LogP contribution is 2.40. The summed E-state index contributed by atoms with van der Waals surface area (Å²) in [5.41, 5.74) is 8.01. The number of ether oxygens (including phenoxy) is 3. The molecule has 4 aliphatic heterocycles. The molecule has 0 aromatic heterocycles. The number of nitrogens with one attached hydrogen (secondary N) is 6. The highest BCUT2D eigenvalue weighted by molar-refractivity contribution is 5.75. The summed E-state index contributed by atoms with van der Waals surface area (Å²) < 4.78 is 138. The van der Waals surface area contributed by atoms with E-state index in [4.69, 9.17) is 19.9 Å². The number of piperidine rings is 4. The first-order chi connectivity index (χ1) is 47.2. The predicted molar refractivity (Wildman–Crippen MR) is 368 cm³/mol. The van der Waals surface area contributed by atoms with Gasteiger partial charge in [0.1, 0.15) is 0 Å². The number of halogens is 9. The molecule has 0 spiro atoms. The average Bonchev–Trinajstić information content (AvgIpc) is 0.803. The Balaban J connectivity index is 0.000000191. The van der Waals surface area contributed by atoms with Crippen molar-refractivity contribution in [2.24, 2.45) is 5.73 Å². The molecule has 0 bridgehead atoms. The lowest BCUT2D eigenvalue weighted by atomic mass is 9.81. The van der Waals surface area contributed by atoms with Crippen LogP contribution in [0.3, 0.4) is 0 Å². The Labute approximate surface area is 581 Å². The van der Waals surface area contributed by atoms with E-state index < -0.39 is 76.2 Å². The standard InChI is InChI=1S/C28H36F3N3O2.C25H32F3N3O2.C23H28F3N3O2/c1-20-15-22(17-24(16-20)28(29,30)31)21(2)36-19-27(23-9-5-3-6-10-23)12-11-25(18-32-27)33-26(35)34-13-7-4-8-14-34;1-17-12-19(14-21(13-17)25(26,27)28)18(2)33-16-24(20-8-6-5-7-9-20)11-10-22(15-29-24)30-23(32)31(3)4;1-15-10-17(12-19(11-15)23(24,25)26)16(2)31-14-22(18-6-4-3-5-7-18)9-8-20(13-28-22)29-21(27)30/h3,5-6,9-10,15-17,21,25,32H,4,7-8,11-14,18-19H2,1-2H3,(H,33,35);5-9,12-14,18,22,29H,10-11,15-16H2,1-4H3,(H,30,32);3-7,10-12,16,20,28H,8-9,13-14H2,1-2H3,(H3,27,29,30)/t21-,25+,27-;18-,22+,24-;16-,20+,22-/m111/s1. The van der Waals surface area contributed by atoms with Crippen LogP contribution >= 0.6 is 0 Å². The third-order valence-electron chi connectivity index (χ3n) is 19.3. The largest absolute Gasteiger partial charge is 0.416 e. The van der Waals surface area contributed by atoms with Crippen molar-refractivity contribution >= 4 is 18.1 Å². The Morgan fingerprint density at radius 1 is 0.490 bits per heavy atom.